The number of hydrogen-bond acceptors (Lipinski definition) is 3. The van der Waals surface area contributed by atoms with E-state index in [1.54, 1.807) is 7.11 Å². The lowest BCUT2D eigenvalue weighted by Crippen LogP contribution is -2.34. The van der Waals surface area contributed by atoms with E-state index < -0.39 is 0 Å². The van der Waals surface area contributed by atoms with E-state index >= 15 is 0 Å². The molecule has 0 amide bonds. The first-order chi connectivity index (χ1) is 10.2. The second kappa shape index (κ2) is 5.78. The van der Waals surface area contributed by atoms with E-state index in [4.69, 9.17) is 9.47 Å². The van der Waals surface area contributed by atoms with Crippen molar-refractivity contribution in [1.29, 1.82) is 0 Å². The molecular formula is C18H21NO2. The predicted octanol–water partition coefficient (Wildman–Crippen LogP) is 3.30. The molecule has 2 atom stereocenters. The lowest BCUT2D eigenvalue weighted by atomic mass is 10.1. The van der Waals surface area contributed by atoms with Gasteiger partial charge in [-0.1, -0.05) is 30.3 Å². The lowest BCUT2D eigenvalue weighted by Gasteiger charge is -2.27. The van der Waals surface area contributed by atoms with Gasteiger partial charge >= 0.3 is 0 Å². The van der Waals surface area contributed by atoms with Gasteiger partial charge in [0.2, 0.25) is 0 Å². The topological polar surface area (TPSA) is 21.7 Å². The molecule has 0 saturated heterocycles. The zero-order valence-corrected chi connectivity index (χ0v) is 12.7. The Morgan fingerprint density at radius 2 is 1.76 bits per heavy atom. The van der Waals surface area contributed by atoms with Gasteiger partial charge in [-0.25, -0.2) is 0 Å². The second-order valence-corrected chi connectivity index (χ2v) is 5.65. The molecule has 0 aliphatic heterocycles. The van der Waals surface area contributed by atoms with Crippen LogP contribution in [-0.2, 0) is 6.42 Å². The summed E-state index contributed by atoms with van der Waals surface area (Å²) in [5.41, 5.74) is 2.67. The summed E-state index contributed by atoms with van der Waals surface area (Å²) < 4.78 is 11.6. The van der Waals surface area contributed by atoms with Crippen LogP contribution in [0.15, 0.2) is 48.5 Å². The molecule has 3 heteroatoms. The van der Waals surface area contributed by atoms with Crippen molar-refractivity contribution in [3.8, 4) is 11.5 Å². The van der Waals surface area contributed by atoms with Crippen LogP contribution >= 0.6 is 0 Å². The van der Waals surface area contributed by atoms with Gasteiger partial charge in [-0.3, -0.25) is 0 Å². The van der Waals surface area contributed by atoms with Crippen molar-refractivity contribution < 1.29 is 9.47 Å². The molecule has 2 aromatic carbocycles. The van der Waals surface area contributed by atoms with Crippen molar-refractivity contribution in [2.45, 2.75) is 18.6 Å². The third-order valence-corrected chi connectivity index (χ3v) is 4.11. The summed E-state index contributed by atoms with van der Waals surface area (Å²) in [6.07, 6.45) is 1.08. The molecular weight excluding hydrogens is 262 g/mol. The van der Waals surface area contributed by atoms with Crippen molar-refractivity contribution in [2.24, 2.45) is 0 Å². The zero-order chi connectivity index (χ0) is 14.8. The maximum atomic E-state index is 6.30. The molecule has 0 radical (unpaired) electrons. The van der Waals surface area contributed by atoms with Crippen LogP contribution in [0.4, 0.5) is 0 Å². The van der Waals surface area contributed by atoms with E-state index in [9.17, 15) is 0 Å². The van der Waals surface area contributed by atoms with E-state index in [0.717, 1.165) is 17.9 Å². The van der Waals surface area contributed by atoms with Gasteiger partial charge in [0, 0.05) is 6.07 Å². The van der Waals surface area contributed by atoms with Crippen LogP contribution in [0.5, 0.6) is 11.5 Å². The van der Waals surface area contributed by atoms with Gasteiger partial charge in [-0.2, -0.15) is 0 Å². The zero-order valence-electron chi connectivity index (χ0n) is 12.7. The van der Waals surface area contributed by atoms with Crippen molar-refractivity contribution >= 4 is 0 Å². The minimum Gasteiger partial charge on any atom is -0.497 e. The maximum absolute atomic E-state index is 6.30. The van der Waals surface area contributed by atoms with E-state index in [1.807, 2.05) is 24.3 Å². The highest BCUT2D eigenvalue weighted by molar-refractivity contribution is 5.39. The number of rotatable bonds is 4. The standard InChI is InChI=1S/C18H21NO2/c1-19(2)17-11-13-7-4-5-10-16(13)18(17)21-15-9-6-8-14(12-15)20-3/h4-10,12,17-18H,11H2,1-3H3/t17-,18-/m1/s1. The van der Waals surface area contributed by atoms with Crippen molar-refractivity contribution in [1.82, 2.24) is 4.90 Å². The lowest BCUT2D eigenvalue weighted by molar-refractivity contribution is 0.111. The summed E-state index contributed by atoms with van der Waals surface area (Å²) in [4.78, 5) is 2.24. The Kier molecular flexibility index (Phi) is 3.84. The molecule has 0 unspecified atom stereocenters. The third-order valence-electron chi connectivity index (χ3n) is 4.11. The number of likely N-dealkylation sites (N-methyl/N-ethyl adjacent to an activating group) is 1. The van der Waals surface area contributed by atoms with Crippen LogP contribution < -0.4 is 9.47 Å². The Morgan fingerprint density at radius 3 is 2.52 bits per heavy atom. The van der Waals surface area contributed by atoms with Gasteiger partial charge in [0.1, 0.15) is 17.6 Å². The highest BCUT2D eigenvalue weighted by Gasteiger charge is 2.35. The Balaban J connectivity index is 1.90. The average molecular weight is 283 g/mol. The van der Waals surface area contributed by atoms with E-state index in [0.29, 0.717) is 6.04 Å². The van der Waals surface area contributed by atoms with Crippen LogP contribution in [0.2, 0.25) is 0 Å². The molecule has 0 aromatic heterocycles. The number of benzene rings is 2. The highest BCUT2D eigenvalue weighted by atomic mass is 16.5. The predicted molar refractivity (Wildman–Crippen MR) is 84.0 cm³/mol. The van der Waals surface area contributed by atoms with Gasteiger partial charge in [0.15, 0.2) is 0 Å². The van der Waals surface area contributed by atoms with E-state index in [2.05, 4.69) is 43.3 Å². The summed E-state index contributed by atoms with van der Waals surface area (Å²) >= 11 is 0. The molecule has 3 rings (SSSR count). The SMILES string of the molecule is COc1cccc(O[C@@H]2c3ccccc3C[C@H]2N(C)C)c1. The fourth-order valence-electron chi connectivity index (χ4n) is 2.95. The van der Waals surface area contributed by atoms with Crippen molar-refractivity contribution in [3.63, 3.8) is 0 Å². The number of fused-ring (bicyclic) bond motifs is 1. The van der Waals surface area contributed by atoms with Crippen LogP contribution in [0.25, 0.3) is 0 Å². The minimum atomic E-state index is 0.0586. The molecule has 0 saturated carbocycles. The minimum absolute atomic E-state index is 0.0586. The van der Waals surface area contributed by atoms with Crippen LogP contribution in [-0.4, -0.2) is 32.1 Å². The van der Waals surface area contributed by atoms with Gasteiger partial charge in [0.25, 0.3) is 0 Å². The first-order valence-corrected chi connectivity index (χ1v) is 7.24. The fraction of sp³-hybridized carbons (Fsp3) is 0.333. The Hall–Kier alpha value is -2.00. The Labute approximate surface area is 126 Å². The van der Waals surface area contributed by atoms with Crippen molar-refractivity contribution in [3.05, 3.63) is 59.7 Å². The number of hydrogen-bond donors (Lipinski definition) is 0. The van der Waals surface area contributed by atoms with Gasteiger partial charge in [0.05, 0.1) is 13.2 Å². The van der Waals surface area contributed by atoms with Gasteiger partial charge in [-0.15, -0.1) is 0 Å². The molecule has 1 aliphatic carbocycles. The molecule has 0 heterocycles. The first-order valence-electron chi connectivity index (χ1n) is 7.24. The van der Waals surface area contributed by atoms with Crippen molar-refractivity contribution in [2.75, 3.05) is 21.2 Å². The quantitative estimate of drug-likeness (QED) is 0.859. The molecule has 110 valence electrons. The smallest absolute Gasteiger partial charge is 0.140 e. The summed E-state index contributed by atoms with van der Waals surface area (Å²) in [7, 11) is 5.89. The molecule has 1 aliphatic rings. The van der Waals surface area contributed by atoms with Gasteiger partial charge < -0.3 is 14.4 Å². The fourth-order valence-corrected chi connectivity index (χ4v) is 2.95. The molecule has 3 nitrogen and oxygen atoms in total. The third kappa shape index (κ3) is 2.74. The summed E-state index contributed by atoms with van der Waals surface area (Å²) in [6.45, 7) is 0. The number of ether oxygens (including phenoxy) is 2. The number of methoxy groups -OCH3 is 1. The monoisotopic (exact) mass is 283 g/mol. The van der Waals surface area contributed by atoms with Gasteiger partial charge in [-0.05, 0) is 43.8 Å². The Bertz CT molecular complexity index is 624. The average Bonchev–Trinajstić information content (AvgIpc) is 2.87. The summed E-state index contributed by atoms with van der Waals surface area (Å²) in [6, 6.07) is 16.7. The first kappa shape index (κ1) is 14.0. The maximum Gasteiger partial charge on any atom is 0.140 e. The van der Waals surface area contributed by atoms with Crippen LogP contribution in [0, 0.1) is 0 Å². The Morgan fingerprint density at radius 1 is 1.00 bits per heavy atom. The van der Waals surface area contributed by atoms with E-state index in [1.165, 1.54) is 11.1 Å². The molecule has 0 fully saturated rings. The summed E-state index contributed by atoms with van der Waals surface area (Å²) in [5.74, 6) is 1.67. The largest absolute Gasteiger partial charge is 0.497 e. The normalized spacial score (nSPS) is 20.4. The van der Waals surface area contributed by atoms with Crippen LogP contribution in [0.3, 0.4) is 0 Å². The molecule has 0 spiro atoms. The highest BCUT2D eigenvalue weighted by Crippen LogP contribution is 2.37. The van der Waals surface area contributed by atoms with Crippen LogP contribution in [0.1, 0.15) is 17.2 Å². The molecule has 2 aromatic rings. The molecule has 21 heavy (non-hydrogen) atoms. The molecule has 0 bridgehead atoms. The summed E-state index contributed by atoms with van der Waals surface area (Å²) in [5, 5.41) is 0. The molecule has 0 N–H and O–H groups in total. The number of nitrogens with zero attached hydrogens (tertiary/aromatic N) is 1. The second-order valence-electron chi connectivity index (χ2n) is 5.65. The van der Waals surface area contributed by atoms with E-state index in [-0.39, 0.29) is 6.10 Å².